The average molecular weight is 246 g/mol. The van der Waals surface area contributed by atoms with Crippen LogP contribution >= 0.6 is 0 Å². The Hall–Kier alpha value is -1.55. The summed E-state index contributed by atoms with van der Waals surface area (Å²) in [6.07, 6.45) is 2.22. The van der Waals surface area contributed by atoms with Gasteiger partial charge in [-0.1, -0.05) is 38.1 Å². The van der Waals surface area contributed by atoms with E-state index in [0.29, 0.717) is 17.9 Å². The first-order valence-corrected chi connectivity index (χ1v) is 6.56. The van der Waals surface area contributed by atoms with Crippen molar-refractivity contribution < 1.29 is 0 Å². The lowest BCUT2D eigenvalue weighted by Crippen LogP contribution is -2.43. The topological polar surface area (TPSA) is 62.4 Å². The highest BCUT2D eigenvalue weighted by Crippen LogP contribution is 2.30. The minimum absolute atomic E-state index is 0.322. The van der Waals surface area contributed by atoms with Gasteiger partial charge in [0, 0.05) is 6.54 Å². The Bertz CT molecular complexity index is 426. The summed E-state index contributed by atoms with van der Waals surface area (Å²) in [6, 6.07) is 8.87. The van der Waals surface area contributed by atoms with Gasteiger partial charge < -0.3 is 5.32 Å². The van der Waals surface area contributed by atoms with Crippen LogP contribution in [0.4, 0.5) is 0 Å². The van der Waals surface area contributed by atoms with Gasteiger partial charge in [0.15, 0.2) is 0 Å². The molecule has 0 spiro atoms. The van der Waals surface area contributed by atoms with Gasteiger partial charge in [0.2, 0.25) is 5.96 Å². The molecule has 0 heterocycles. The molecule has 1 aromatic carbocycles. The number of nitrogens with one attached hydrogen (secondary N) is 2. The summed E-state index contributed by atoms with van der Waals surface area (Å²) in [5, 5.41) is 3.39. The summed E-state index contributed by atoms with van der Waals surface area (Å²) in [6.45, 7) is 5.06. The molecule has 1 aliphatic rings. The lowest BCUT2D eigenvalue weighted by atomic mass is 10.1. The number of guanidine groups is 1. The monoisotopic (exact) mass is 246 g/mol. The van der Waals surface area contributed by atoms with Crippen LogP contribution in [0, 0.1) is 5.92 Å². The van der Waals surface area contributed by atoms with E-state index in [1.165, 1.54) is 11.1 Å². The van der Waals surface area contributed by atoms with Gasteiger partial charge in [0.05, 0.1) is 6.04 Å². The van der Waals surface area contributed by atoms with Crippen LogP contribution in [-0.4, -0.2) is 12.5 Å². The Balaban J connectivity index is 2.04. The molecule has 1 aromatic rings. The highest BCUT2D eigenvalue weighted by atomic mass is 15.3. The summed E-state index contributed by atoms with van der Waals surface area (Å²) >= 11 is 0. The van der Waals surface area contributed by atoms with Gasteiger partial charge in [0.1, 0.15) is 0 Å². The molecule has 0 aliphatic heterocycles. The normalized spacial score (nSPS) is 18.9. The number of benzene rings is 1. The van der Waals surface area contributed by atoms with E-state index in [1.54, 1.807) is 0 Å². The molecule has 0 bridgehead atoms. The van der Waals surface area contributed by atoms with Crippen molar-refractivity contribution in [3.8, 4) is 0 Å². The molecule has 0 radical (unpaired) electrons. The molecule has 4 nitrogen and oxygen atoms in total. The van der Waals surface area contributed by atoms with Crippen LogP contribution in [0.1, 0.15) is 37.4 Å². The highest BCUT2D eigenvalue weighted by Gasteiger charge is 2.22. The quantitative estimate of drug-likeness (QED) is 0.329. The van der Waals surface area contributed by atoms with Gasteiger partial charge in [-0.3, -0.25) is 10.4 Å². The molecule has 1 unspecified atom stereocenters. The molecule has 1 atom stereocenters. The number of hydrogen-bond acceptors (Lipinski definition) is 2. The molecular formula is C14H22N4. The zero-order valence-corrected chi connectivity index (χ0v) is 11.1. The summed E-state index contributed by atoms with van der Waals surface area (Å²) in [7, 11) is 0. The van der Waals surface area contributed by atoms with E-state index >= 15 is 0 Å². The van der Waals surface area contributed by atoms with E-state index < -0.39 is 0 Å². The molecule has 1 aliphatic carbocycles. The standard InChI is InChI=1S/C14H22N4/c1-10(2)9-16-14(18-15)17-13-8-7-11-5-3-4-6-12(11)13/h3-6,10,13H,7-9,15H2,1-2H3,(H2,16,17,18). The zero-order valence-electron chi connectivity index (χ0n) is 11.1. The summed E-state index contributed by atoms with van der Waals surface area (Å²) in [4.78, 5) is 4.45. The first-order valence-electron chi connectivity index (χ1n) is 6.56. The fourth-order valence-corrected chi connectivity index (χ4v) is 2.28. The third kappa shape index (κ3) is 3.01. The maximum Gasteiger partial charge on any atom is 0.206 e. The third-order valence-corrected chi connectivity index (χ3v) is 3.20. The van der Waals surface area contributed by atoms with Gasteiger partial charge in [-0.25, -0.2) is 5.84 Å². The second kappa shape index (κ2) is 5.87. The van der Waals surface area contributed by atoms with Crippen LogP contribution < -0.4 is 16.6 Å². The molecule has 4 N–H and O–H groups in total. The van der Waals surface area contributed by atoms with E-state index in [9.17, 15) is 0 Å². The third-order valence-electron chi connectivity index (χ3n) is 3.20. The summed E-state index contributed by atoms with van der Waals surface area (Å²) in [5.74, 6) is 6.73. The highest BCUT2D eigenvalue weighted by molar-refractivity contribution is 5.79. The Morgan fingerprint density at radius 2 is 2.22 bits per heavy atom. The van der Waals surface area contributed by atoms with Gasteiger partial charge in [-0.15, -0.1) is 0 Å². The van der Waals surface area contributed by atoms with E-state index in [2.05, 4.69) is 53.8 Å². The van der Waals surface area contributed by atoms with Crippen LogP contribution in [-0.2, 0) is 6.42 Å². The minimum atomic E-state index is 0.322. The van der Waals surface area contributed by atoms with E-state index in [4.69, 9.17) is 5.84 Å². The van der Waals surface area contributed by atoms with Crippen molar-refractivity contribution in [1.82, 2.24) is 10.7 Å². The second-order valence-electron chi connectivity index (χ2n) is 5.16. The zero-order chi connectivity index (χ0) is 13.0. The smallest absolute Gasteiger partial charge is 0.206 e. The number of hydrogen-bond donors (Lipinski definition) is 3. The van der Waals surface area contributed by atoms with Gasteiger partial charge in [-0.05, 0) is 29.9 Å². The molecule has 2 rings (SSSR count). The van der Waals surface area contributed by atoms with Crippen LogP contribution in [0.15, 0.2) is 29.3 Å². The number of nitrogens with two attached hydrogens (primary N) is 1. The molecule has 18 heavy (non-hydrogen) atoms. The molecular weight excluding hydrogens is 224 g/mol. The number of hydrazine groups is 1. The first-order chi connectivity index (χ1) is 8.70. The Morgan fingerprint density at radius 3 is 2.94 bits per heavy atom. The fourth-order valence-electron chi connectivity index (χ4n) is 2.28. The van der Waals surface area contributed by atoms with Crippen molar-refractivity contribution in [3.05, 3.63) is 35.4 Å². The van der Waals surface area contributed by atoms with E-state index in [-0.39, 0.29) is 0 Å². The van der Waals surface area contributed by atoms with Gasteiger partial charge >= 0.3 is 0 Å². The lowest BCUT2D eigenvalue weighted by molar-refractivity contribution is 0.611. The predicted molar refractivity (Wildman–Crippen MR) is 75.1 cm³/mol. The number of rotatable bonds is 3. The Kier molecular flexibility index (Phi) is 4.20. The number of nitrogens with zero attached hydrogens (tertiary/aromatic N) is 1. The first kappa shape index (κ1) is 12.9. The summed E-state index contributed by atoms with van der Waals surface area (Å²) in [5.41, 5.74) is 5.45. The van der Waals surface area contributed by atoms with Crippen LogP contribution in [0.3, 0.4) is 0 Å². The molecule has 0 saturated heterocycles. The number of aryl methyl sites for hydroxylation is 1. The largest absolute Gasteiger partial charge is 0.349 e. The lowest BCUT2D eigenvalue weighted by Gasteiger charge is -2.17. The van der Waals surface area contributed by atoms with Crippen LogP contribution in [0.2, 0.25) is 0 Å². The maximum absolute atomic E-state index is 5.51. The van der Waals surface area contributed by atoms with E-state index in [0.717, 1.165) is 19.4 Å². The maximum atomic E-state index is 5.51. The molecule has 0 aromatic heterocycles. The van der Waals surface area contributed by atoms with Gasteiger partial charge in [-0.2, -0.15) is 0 Å². The van der Waals surface area contributed by atoms with Crippen molar-refractivity contribution in [1.29, 1.82) is 0 Å². The SMILES string of the molecule is CC(C)CN=C(NN)NC1CCc2ccccc21. The number of aliphatic imine (C=N–C) groups is 1. The average Bonchev–Trinajstić information content (AvgIpc) is 2.77. The van der Waals surface area contributed by atoms with Crippen molar-refractivity contribution in [2.24, 2.45) is 16.8 Å². The molecule has 0 saturated carbocycles. The van der Waals surface area contributed by atoms with Crippen molar-refractivity contribution >= 4 is 5.96 Å². The Morgan fingerprint density at radius 1 is 1.44 bits per heavy atom. The molecule has 98 valence electrons. The minimum Gasteiger partial charge on any atom is -0.349 e. The Labute approximate surface area is 109 Å². The molecule has 4 heteroatoms. The predicted octanol–water partition coefficient (Wildman–Crippen LogP) is 1.74. The van der Waals surface area contributed by atoms with E-state index in [1.807, 2.05) is 0 Å². The van der Waals surface area contributed by atoms with Crippen LogP contribution in [0.25, 0.3) is 0 Å². The van der Waals surface area contributed by atoms with Crippen molar-refractivity contribution in [2.45, 2.75) is 32.7 Å². The van der Waals surface area contributed by atoms with Gasteiger partial charge in [0.25, 0.3) is 0 Å². The fraction of sp³-hybridized carbons (Fsp3) is 0.500. The second-order valence-corrected chi connectivity index (χ2v) is 5.16. The van der Waals surface area contributed by atoms with Crippen LogP contribution in [0.5, 0.6) is 0 Å². The molecule has 0 fully saturated rings. The van der Waals surface area contributed by atoms with Crippen molar-refractivity contribution in [2.75, 3.05) is 6.54 Å². The number of fused-ring (bicyclic) bond motifs is 1. The summed E-state index contributed by atoms with van der Waals surface area (Å²) < 4.78 is 0. The van der Waals surface area contributed by atoms with Crippen molar-refractivity contribution in [3.63, 3.8) is 0 Å². The molecule has 0 amide bonds.